The van der Waals surface area contributed by atoms with Gasteiger partial charge in [-0.3, -0.25) is 9.59 Å². The van der Waals surface area contributed by atoms with E-state index in [9.17, 15) is 9.59 Å². The molecule has 1 fully saturated rings. The van der Waals surface area contributed by atoms with Crippen LogP contribution in [-0.2, 0) is 16.1 Å². The number of rotatable bonds is 6. The first-order valence-corrected chi connectivity index (χ1v) is 8.73. The molecule has 2 amide bonds. The van der Waals surface area contributed by atoms with Gasteiger partial charge >= 0.3 is 0 Å². The molecule has 1 aliphatic carbocycles. The Hall–Kier alpha value is -1.55. The van der Waals surface area contributed by atoms with Crippen LogP contribution in [0.25, 0.3) is 0 Å². The van der Waals surface area contributed by atoms with E-state index in [1.807, 2.05) is 19.1 Å². The van der Waals surface area contributed by atoms with Crippen LogP contribution in [0.3, 0.4) is 0 Å². The van der Waals surface area contributed by atoms with Gasteiger partial charge in [0.25, 0.3) is 0 Å². The summed E-state index contributed by atoms with van der Waals surface area (Å²) >= 11 is 5.90. The molecule has 126 valence electrons. The Kier molecular flexibility index (Phi) is 6.46. The Morgan fingerprint density at radius 3 is 2.43 bits per heavy atom. The summed E-state index contributed by atoms with van der Waals surface area (Å²) in [5.74, 6) is -0.0818. The van der Waals surface area contributed by atoms with Gasteiger partial charge in [0.2, 0.25) is 11.8 Å². The second-order valence-corrected chi connectivity index (χ2v) is 6.60. The average Bonchev–Trinajstić information content (AvgIpc) is 3.06. The zero-order valence-corrected chi connectivity index (χ0v) is 14.6. The molecule has 1 aliphatic rings. The number of halogens is 1. The quantitative estimate of drug-likeness (QED) is 0.864. The Labute approximate surface area is 143 Å². The third-order valence-corrected chi connectivity index (χ3v) is 4.69. The van der Waals surface area contributed by atoms with Crippen LogP contribution in [0, 0.1) is 0 Å². The summed E-state index contributed by atoms with van der Waals surface area (Å²) in [5, 5.41) is 3.74. The Morgan fingerprint density at radius 1 is 1.26 bits per heavy atom. The molecule has 1 unspecified atom stereocenters. The summed E-state index contributed by atoms with van der Waals surface area (Å²) in [6.45, 7) is 4.04. The fourth-order valence-electron chi connectivity index (χ4n) is 2.96. The van der Waals surface area contributed by atoms with Gasteiger partial charge in [-0.05, 0) is 37.5 Å². The van der Waals surface area contributed by atoms with Gasteiger partial charge in [0.1, 0.15) is 6.04 Å². The normalized spacial score (nSPS) is 16.1. The molecule has 23 heavy (non-hydrogen) atoms. The van der Waals surface area contributed by atoms with Gasteiger partial charge in [0.15, 0.2) is 0 Å². The zero-order valence-electron chi connectivity index (χ0n) is 13.8. The maximum absolute atomic E-state index is 12.5. The van der Waals surface area contributed by atoms with Gasteiger partial charge in [-0.1, -0.05) is 43.5 Å². The maximum Gasteiger partial charge on any atom is 0.242 e. The van der Waals surface area contributed by atoms with Gasteiger partial charge in [-0.15, -0.1) is 0 Å². The minimum absolute atomic E-state index is 0.0194. The predicted octanol–water partition coefficient (Wildman–Crippen LogP) is 3.53. The van der Waals surface area contributed by atoms with E-state index in [1.54, 1.807) is 24.0 Å². The first-order chi connectivity index (χ1) is 11.0. The van der Waals surface area contributed by atoms with Crippen molar-refractivity contribution < 1.29 is 9.59 Å². The van der Waals surface area contributed by atoms with Gasteiger partial charge in [-0.25, -0.2) is 0 Å². The molecule has 4 nitrogen and oxygen atoms in total. The van der Waals surface area contributed by atoms with E-state index in [0.29, 0.717) is 18.0 Å². The first kappa shape index (κ1) is 17.8. The van der Waals surface area contributed by atoms with E-state index in [-0.39, 0.29) is 17.9 Å². The number of carbonyl (C=O) groups is 2. The first-order valence-electron chi connectivity index (χ1n) is 8.35. The third-order valence-electron chi connectivity index (χ3n) is 4.44. The Bertz CT molecular complexity index is 538. The molecule has 1 aromatic rings. The highest BCUT2D eigenvalue weighted by atomic mass is 35.5. The third kappa shape index (κ3) is 4.96. The van der Waals surface area contributed by atoms with Gasteiger partial charge in [0, 0.05) is 24.0 Å². The molecule has 1 saturated carbocycles. The van der Waals surface area contributed by atoms with Crippen molar-refractivity contribution in [3.63, 3.8) is 0 Å². The van der Waals surface area contributed by atoms with Crippen molar-refractivity contribution in [2.75, 3.05) is 0 Å². The molecule has 2 rings (SSSR count). The number of benzene rings is 1. The number of amides is 2. The van der Waals surface area contributed by atoms with Crippen LogP contribution in [0.4, 0.5) is 0 Å². The van der Waals surface area contributed by atoms with Crippen molar-refractivity contribution in [1.82, 2.24) is 10.2 Å². The van der Waals surface area contributed by atoms with Crippen LogP contribution in [0.2, 0.25) is 5.02 Å². The van der Waals surface area contributed by atoms with E-state index in [4.69, 9.17) is 11.6 Å². The van der Waals surface area contributed by atoms with E-state index in [2.05, 4.69) is 5.32 Å². The topological polar surface area (TPSA) is 49.4 Å². The lowest BCUT2D eigenvalue weighted by atomic mass is 10.1. The summed E-state index contributed by atoms with van der Waals surface area (Å²) in [7, 11) is 0. The van der Waals surface area contributed by atoms with Crippen molar-refractivity contribution in [3.8, 4) is 0 Å². The molecular weight excluding hydrogens is 312 g/mol. The number of hydrogen-bond donors (Lipinski definition) is 1. The van der Waals surface area contributed by atoms with Gasteiger partial charge < -0.3 is 10.2 Å². The van der Waals surface area contributed by atoms with Gasteiger partial charge in [0.05, 0.1) is 0 Å². The highest BCUT2D eigenvalue weighted by Gasteiger charge is 2.27. The number of nitrogens with one attached hydrogen (secondary N) is 1. The molecule has 0 spiro atoms. The van der Waals surface area contributed by atoms with E-state index in [0.717, 1.165) is 18.4 Å². The molecule has 5 heteroatoms. The summed E-state index contributed by atoms with van der Waals surface area (Å²) in [5.41, 5.74) is 0.969. The zero-order chi connectivity index (χ0) is 16.8. The fourth-order valence-corrected chi connectivity index (χ4v) is 3.09. The van der Waals surface area contributed by atoms with Crippen molar-refractivity contribution in [2.24, 2.45) is 0 Å². The molecular formula is C18H25ClN2O2. The molecule has 0 heterocycles. The molecule has 0 radical (unpaired) electrons. The molecule has 0 bridgehead atoms. The van der Waals surface area contributed by atoms with E-state index >= 15 is 0 Å². The second kappa shape index (κ2) is 8.34. The minimum Gasteiger partial charge on any atom is -0.352 e. The highest BCUT2D eigenvalue weighted by Crippen LogP contribution is 2.19. The predicted molar refractivity (Wildman–Crippen MR) is 92.2 cm³/mol. The SMILES string of the molecule is CCC(=O)N(Cc1ccc(Cl)cc1)C(C)C(=O)NC1CCCC1. The van der Waals surface area contributed by atoms with Crippen LogP contribution in [0.15, 0.2) is 24.3 Å². The van der Waals surface area contributed by atoms with E-state index in [1.165, 1.54) is 12.8 Å². The maximum atomic E-state index is 12.5. The summed E-state index contributed by atoms with van der Waals surface area (Å²) in [4.78, 5) is 26.4. The summed E-state index contributed by atoms with van der Waals surface area (Å²) < 4.78 is 0. The molecule has 0 aromatic heterocycles. The highest BCUT2D eigenvalue weighted by molar-refractivity contribution is 6.30. The largest absolute Gasteiger partial charge is 0.352 e. The van der Waals surface area contributed by atoms with Gasteiger partial charge in [-0.2, -0.15) is 0 Å². The average molecular weight is 337 g/mol. The van der Waals surface area contributed by atoms with Crippen LogP contribution in [0.1, 0.15) is 51.5 Å². The lowest BCUT2D eigenvalue weighted by Crippen LogP contribution is -2.49. The van der Waals surface area contributed by atoms with Crippen LogP contribution in [-0.4, -0.2) is 28.8 Å². The lowest BCUT2D eigenvalue weighted by molar-refractivity contribution is -0.140. The Balaban J connectivity index is 2.05. The molecule has 1 atom stereocenters. The Morgan fingerprint density at radius 2 is 1.87 bits per heavy atom. The van der Waals surface area contributed by atoms with E-state index < -0.39 is 6.04 Å². The van der Waals surface area contributed by atoms with Crippen LogP contribution >= 0.6 is 11.6 Å². The number of carbonyl (C=O) groups excluding carboxylic acids is 2. The monoisotopic (exact) mass is 336 g/mol. The fraction of sp³-hybridized carbons (Fsp3) is 0.556. The second-order valence-electron chi connectivity index (χ2n) is 6.17. The number of nitrogens with zero attached hydrogens (tertiary/aromatic N) is 1. The molecule has 0 aliphatic heterocycles. The van der Waals surface area contributed by atoms with Crippen LogP contribution in [0.5, 0.6) is 0 Å². The smallest absolute Gasteiger partial charge is 0.242 e. The molecule has 1 aromatic carbocycles. The van der Waals surface area contributed by atoms with Crippen molar-refractivity contribution in [2.45, 2.75) is 64.6 Å². The minimum atomic E-state index is -0.473. The summed E-state index contributed by atoms with van der Waals surface area (Å²) in [6, 6.07) is 7.17. The van der Waals surface area contributed by atoms with Crippen molar-refractivity contribution >= 4 is 23.4 Å². The standard InChI is InChI=1S/C18H25ClN2O2/c1-3-17(22)21(12-14-8-10-15(19)11-9-14)13(2)18(23)20-16-6-4-5-7-16/h8-11,13,16H,3-7,12H2,1-2H3,(H,20,23). The lowest BCUT2D eigenvalue weighted by Gasteiger charge is -2.29. The summed E-state index contributed by atoms with van der Waals surface area (Å²) in [6.07, 6.45) is 4.80. The molecule has 1 N–H and O–H groups in total. The number of hydrogen-bond acceptors (Lipinski definition) is 2. The van der Waals surface area contributed by atoms with Crippen molar-refractivity contribution in [3.05, 3.63) is 34.9 Å². The van der Waals surface area contributed by atoms with Crippen LogP contribution < -0.4 is 5.32 Å². The molecule has 0 saturated heterocycles. The van der Waals surface area contributed by atoms with Crippen molar-refractivity contribution in [1.29, 1.82) is 0 Å².